The molecule has 5 aliphatic rings. The Balaban J connectivity index is 1.10. The van der Waals surface area contributed by atoms with Crippen LogP contribution in [0.1, 0.15) is 52.0 Å². The van der Waals surface area contributed by atoms with Crippen LogP contribution in [0.3, 0.4) is 0 Å². The standard InChI is InChI=1S/C29H34FN3O6/c1-17-8-13-22-18(2)25(36-26-29(22)21(17)14-15-28(3,37-26)38-39-29)35-20-11-9-19(10-12-20)16-31-33-27(34)32-24-7-5-4-6-23(24)30/h4-7,9-12,16-18,21-22,25-26H,8,13-15H2,1-3H3,(H2,32,33,34)/b31-16+/t17-,18-,21+,22+,25+,26-,28?,29-/m1/s1. The lowest BCUT2D eigenvalue weighted by Gasteiger charge is -2.60. The zero-order valence-electron chi connectivity index (χ0n) is 22.3. The van der Waals surface area contributed by atoms with Crippen LogP contribution in [0, 0.1) is 29.5 Å². The molecule has 9 nitrogen and oxygen atoms in total. The van der Waals surface area contributed by atoms with Crippen LogP contribution in [0.5, 0.6) is 5.75 Å². The molecule has 1 saturated carbocycles. The van der Waals surface area contributed by atoms with Crippen molar-refractivity contribution in [2.24, 2.45) is 28.8 Å². The summed E-state index contributed by atoms with van der Waals surface area (Å²) in [5, 5.41) is 6.34. The lowest BCUT2D eigenvalue weighted by atomic mass is 9.58. The normalized spacial score (nSPS) is 37.1. The zero-order valence-corrected chi connectivity index (χ0v) is 22.3. The maximum absolute atomic E-state index is 13.7. The minimum Gasteiger partial charge on any atom is -0.465 e. The first kappa shape index (κ1) is 26.2. The molecule has 7 rings (SSSR count). The predicted molar refractivity (Wildman–Crippen MR) is 140 cm³/mol. The van der Waals surface area contributed by atoms with Crippen molar-refractivity contribution in [2.45, 2.75) is 70.4 Å². The first-order valence-corrected chi connectivity index (χ1v) is 13.6. The molecule has 1 spiro atoms. The smallest absolute Gasteiger partial charge is 0.339 e. The van der Waals surface area contributed by atoms with Crippen molar-refractivity contribution in [3.63, 3.8) is 0 Å². The van der Waals surface area contributed by atoms with Crippen LogP contribution in [0.25, 0.3) is 0 Å². The van der Waals surface area contributed by atoms with E-state index in [2.05, 4.69) is 29.7 Å². The van der Waals surface area contributed by atoms with Crippen molar-refractivity contribution in [1.82, 2.24) is 5.43 Å². The van der Waals surface area contributed by atoms with E-state index in [-0.39, 0.29) is 17.5 Å². The Morgan fingerprint density at radius 1 is 1.08 bits per heavy atom. The Labute approximate surface area is 226 Å². The van der Waals surface area contributed by atoms with E-state index >= 15 is 0 Å². The fraction of sp³-hybridized carbons (Fsp3) is 0.517. The summed E-state index contributed by atoms with van der Waals surface area (Å²) in [5.74, 6) is 0.332. The predicted octanol–water partition coefficient (Wildman–Crippen LogP) is 5.57. The molecule has 2 amide bonds. The third-order valence-corrected chi connectivity index (χ3v) is 8.73. The highest BCUT2D eigenvalue weighted by atomic mass is 19.1. The molecule has 5 fully saturated rings. The summed E-state index contributed by atoms with van der Waals surface area (Å²) in [5.41, 5.74) is 2.52. The van der Waals surface area contributed by atoms with Gasteiger partial charge in [0.1, 0.15) is 11.6 Å². The van der Waals surface area contributed by atoms with Gasteiger partial charge in [0, 0.05) is 18.3 Å². The van der Waals surface area contributed by atoms with E-state index in [9.17, 15) is 9.18 Å². The van der Waals surface area contributed by atoms with Gasteiger partial charge in [-0.2, -0.15) is 5.10 Å². The van der Waals surface area contributed by atoms with Crippen LogP contribution < -0.4 is 15.5 Å². The van der Waals surface area contributed by atoms with Crippen LogP contribution in [0.15, 0.2) is 53.6 Å². The lowest BCUT2D eigenvalue weighted by molar-refractivity contribution is -0.575. The van der Waals surface area contributed by atoms with E-state index in [4.69, 9.17) is 24.0 Å². The Kier molecular flexibility index (Phi) is 6.83. The zero-order chi connectivity index (χ0) is 27.2. The maximum Gasteiger partial charge on any atom is 0.339 e. The Morgan fingerprint density at radius 3 is 2.67 bits per heavy atom. The number of amides is 2. The molecule has 0 aromatic heterocycles. The molecule has 2 aromatic rings. The maximum atomic E-state index is 13.7. The molecule has 2 N–H and O–H groups in total. The van der Waals surface area contributed by atoms with E-state index in [0.717, 1.165) is 31.2 Å². The molecule has 208 valence electrons. The van der Waals surface area contributed by atoms with E-state index < -0.39 is 35.8 Å². The number of para-hydroxylation sites is 1. The van der Waals surface area contributed by atoms with E-state index in [0.29, 0.717) is 17.6 Å². The topological polar surface area (TPSA) is 99.6 Å². The molecule has 2 bridgehead atoms. The number of hydrazone groups is 1. The number of benzene rings is 2. The van der Waals surface area contributed by atoms with Gasteiger partial charge in [0.2, 0.25) is 12.1 Å². The number of carbonyl (C=O) groups excluding carboxylic acids is 1. The number of anilines is 1. The van der Waals surface area contributed by atoms with Crippen molar-refractivity contribution in [3.05, 3.63) is 59.9 Å². The van der Waals surface area contributed by atoms with Crippen molar-refractivity contribution >= 4 is 17.9 Å². The molecule has 39 heavy (non-hydrogen) atoms. The Hall–Kier alpha value is -3.05. The SMILES string of the molecule is C[C@H]1[C@@H](Oc2ccc(/C=N/NC(=O)Nc3ccccc3F)cc2)O[C@@H]2OC3(C)CC[C@H]4[C@H](C)CC[C@@H]1[C@@]24OO3. The second-order valence-electron chi connectivity index (χ2n) is 11.3. The van der Waals surface area contributed by atoms with Crippen LogP contribution >= 0.6 is 0 Å². The molecule has 8 atom stereocenters. The van der Waals surface area contributed by atoms with Gasteiger partial charge in [-0.15, -0.1) is 0 Å². The number of rotatable bonds is 5. The molecule has 4 heterocycles. The monoisotopic (exact) mass is 539 g/mol. The van der Waals surface area contributed by atoms with Gasteiger partial charge < -0.3 is 19.5 Å². The quantitative estimate of drug-likeness (QED) is 0.293. The number of urea groups is 1. The van der Waals surface area contributed by atoms with Crippen LogP contribution in [0.2, 0.25) is 0 Å². The summed E-state index contributed by atoms with van der Waals surface area (Å²) < 4.78 is 32.9. The number of hydrogen-bond acceptors (Lipinski definition) is 7. The highest BCUT2D eigenvalue weighted by molar-refractivity contribution is 5.90. The summed E-state index contributed by atoms with van der Waals surface area (Å²) in [4.78, 5) is 24.0. The fourth-order valence-electron chi connectivity index (χ4n) is 6.65. The third kappa shape index (κ3) is 4.80. The van der Waals surface area contributed by atoms with Gasteiger partial charge in [-0.1, -0.05) is 26.0 Å². The molecule has 4 saturated heterocycles. The molecular formula is C29H34FN3O6. The second-order valence-corrected chi connectivity index (χ2v) is 11.3. The van der Waals surface area contributed by atoms with Crippen molar-refractivity contribution < 1.29 is 33.2 Å². The third-order valence-electron chi connectivity index (χ3n) is 8.73. The van der Waals surface area contributed by atoms with Gasteiger partial charge in [0.05, 0.1) is 11.9 Å². The summed E-state index contributed by atoms with van der Waals surface area (Å²) in [7, 11) is 0. The second kappa shape index (κ2) is 10.2. The van der Waals surface area contributed by atoms with Crippen molar-refractivity contribution in [3.8, 4) is 5.75 Å². The summed E-state index contributed by atoms with van der Waals surface area (Å²) in [6.45, 7) is 6.35. The molecule has 1 aliphatic carbocycles. The summed E-state index contributed by atoms with van der Waals surface area (Å²) >= 11 is 0. The summed E-state index contributed by atoms with van der Waals surface area (Å²) in [6.07, 6.45) is 4.29. The molecule has 1 unspecified atom stereocenters. The first-order valence-electron chi connectivity index (χ1n) is 13.6. The van der Waals surface area contributed by atoms with Gasteiger partial charge in [-0.3, -0.25) is 0 Å². The van der Waals surface area contributed by atoms with Gasteiger partial charge in [0.15, 0.2) is 11.9 Å². The van der Waals surface area contributed by atoms with Gasteiger partial charge >= 0.3 is 6.03 Å². The number of ether oxygens (including phenoxy) is 3. The molecule has 10 heteroatoms. The van der Waals surface area contributed by atoms with Gasteiger partial charge in [-0.25, -0.2) is 24.4 Å². The number of carbonyl (C=O) groups is 1. The number of halogens is 1. The fourth-order valence-corrected chi connectivity index (χ4v) is 6.65. The average Bonchev–Trinajstić information content (AvgIpc) is 3.15. The number of nitrogens with one attached hydrogen (secondary N) is 2. The molecular weight excluding hydrogens is 505 g/mol. The van der Waals surface area contributed by atoms with Crippen LogP contribution in [-0.4, -0.2) is 36.2 Å². The molecule has 2 aromatic carbocycles. The highest BCUT2D eigenvalue weighted by Crippen LogP contribution is 2.60. The number of fused-ring (bicyclic) bond motifs is 2. The Morgan fingerprint density at radius 2 is 1.87 bits per heavy atom. The van der Waals surface area contributed by atoms with Gasteiger partial charge in [0.25, 0.3) is 0 Å². The van der Waals surface area contributed by atoms with Crippen LogP contribution in [-0.2, 0) is 19.2 Å². The Bertz CT molecular complexity index is 1240. The van der Waals surface area contributed by atoms with Crippen molar-refractivity contribution in [1.29, 1.82) is 0 Å². The number of nitrogens with zero attached hydrogens (tertiary/aromatic N) is 1. The minimum absolute atomic E-state index is 0.0595. The lowest BCUT2D eigenvalue weighted by Crippen LogP contribution is -2.70. The molecule has 0 radical (unpaired) electrons. The highest BCUT2D eigenvalue weighted by Gasteiger charge is 2.69. The summed E-state index contributed by atoms with van der Waals surface area (Å²) in [6, 6.07) is 12.6. The molecule has 4 aliphatic heterocycles. The van der Waals surface area contributed by atoms with Crippen molar-refractivity contribution in [2.75, 3.05) is 5.32 Å². The first-order chi connectivity index (χ1) is 18.8. The van der Waals surface area contributed by atoms with E-state index in [1.165, 1.54) is 18.3 Å². The van der Waals surface area contributed by atoms with Crippen LogP contribution in [0.4, 0.5) is 14.9 Å². The average molecular weight is 540 g/mol. The van der Waals surface area contributed by atoms with Gasteiger partial charge in [-0.05, 0) is 80.0 Å². The largest absolute Gasteiger partial charge is 0.465 e. The van der Waals surface area contributed by atoms with E-state index in [1.54, 1.807) is 12.1 Å². The van der Waals surface area contributed by atoms with E-state index in [1.807, 2.05) is 31.2 Å². The minimum atomic E-state index is -0.830. The number of hydrogen-bond donors (Lipinski definition) is 2.